The molecule has 110 valence electrons. The van der Waals surface area contributed by atoms with E-state index in [0.29, 0.717) is 11.5 Å². The molecule has 0 aliphatic rings. The second-order valence-electron chi connectivity index (χ2n) is 4.57. The number of carbonyl (C=O) groups excluding carboxylic acids is 1. The van der Waals surface area contributed by atoms with Crippen molar-refractivity contribution in [3.8, 4) is 17.2 Å². The third-order valence-corrected chi connectivity index (χ3v) is 2.94. The molecule has 0 bridgehead atoms. The van der Waals surface area contributed by atoms with Gasteiger partial charge in [-0.3, -0.25) is 4.79 Å². The van der Waals surface area contributed by atoms with Crippen LogP contribution < -0.4 is 20.5 Å². The molecule has 0 aliphatic heterocycles. The monoisotopic (exact) mass is 286 g/mol. The summed E-state index contributed by atoms with van der Waals surface area (Å²) >= 11 is 0. The van der Waals surface area contributed by atoms with Crippen molar-refractivity contribution in [1.29, 1.82) is 0 Å². The van der Waals surface area contributed by atoms with E-state index >= 15 is 0 Å². The lowest BCUT2D eigenvalue weighted by atomic mass is 10.2. The van der Waals surface area contributed by atoms with Gasteiger partial charge in [0.15, 0.2) is 0 Å². The van der Waals surface area contributed by atoms with Crippen LogP contribution >= 0.6 is 0 Å². The molecule has 0 heterocycles. The van der Waals surface area contributed by atoms with Crippen LogP contribution in [-0.2, 0) is 4.79 Å². The zero-order chi connectivity index (χ0) is 15.2. The minimum absolute atomic E-state index is 0.397. The number of ether oxygens (including phenoxy) is 2. The highest BCUT2D eigenvalue weighted by Crippen LogP contribution is 2.26. The van der Waals surface area contributed by atoms with Gasteiger partial charge in [-0.25, -0.2) is 0 Å². The number of amides is 1. The molecule has 1 atom stereocenters. The minimum Gasteiger partial charge on any atom is -0.497 e. The molecule has 1 unspecified atom stereocenters. The fourth-order valence-electron chi connectivity index (χ4n) is 1.74. The minimum atomic E-state index is -0.421. The molecule has 5 nitrogen and oxygen atoms in total. The van der Waals surface area contributed by atoms with Crippen molar-refractivity contribution >= 4 is 11.6 Å². The summed E-state index contributed by atoms with van der Waals surface area (Å²) in [7, 11) is 1.61. The van der Waals surface area contributed by atoms with Crippen LogP contribution in [0.4, 0.5) is 5.69 Å². The standard InChI is InChI=1S/C16H18N2O3/c1-11(16(17)19)18-12-6-8-13(9-7-12)21-15-5-3-4-14(10-15)20-2/h3-11,18H,1-2H3,(H2,17,19). The average Bonchev–Trinajstić information content (AvgIpc) is 2.49. The molecule has 0 fully saturated rings. The molecule has 1 amide bonds. The molecule has 0 spiro atoms. The second kappa shape index (κ2) is 6.65. The van der Waals surface area contributed by atoms with Crippen LogP contribution in [0.2, 0.25) is 0 Å². The Morgan fingerprint density at radius 1 is 1.10 bits per heavy atom. The maximum Gasteiger partial charge on any atom is 0.239 e. The Bertz CT molecular complexity index is 611. The highest BCUT2D eigenvalue weighted by Gasteiger charge is 2.07. The van der Waals surface area contributed by atoms with Crippen molar-refractivity contribution in [2.24, 2.45) is 5.73 Å². The van der Waals surface area contributed by atoms with Gasteiger partial charge in [0.25, 0.3) is 0 Å². The number of rotatable bonds is 6. The lowest BCUT2D eigenvalue weighted by Crippen LogP contribution is -2.32. The summed E-state index contributed by atoms with van der Waals surface area (Å²) in [4.78, 5) is 11.0. The molecule has 3 N–H and O–H groups in total. The van der Waals surface area contributed by atoms with Crippen LogP contribution in [0.1, 0.15) is 6.92 Å². The molecule has 0 saturated carbocycles. The first-order valence-electron chi connectivity index (χ1n) is 6.56. The predicted octanol–water partition coefficient (Wildman–Crippen LogP) is 2.77. The Labute approximate surface area is 123 Å². The molecular formula is C16H18N2O3. The summed E-state index contributed by atoms with van der Waals surface area (Å²) in [6.07, 6.45) is 0. The van der Waals surface area contributed by atoms with Crippen molar-refractivity contribution in [2.75, 3.05) is 12.4 Å². The largest absolute Gasteiger partial charge is 0.497 e. The zero-order valence-electron chi connectivity index (χ0n) is 12.0. The number of primary amides is 1. The summed E-state index contributed by atoms with van der Waals surface area (Å²) in [5.74, 6) is 1.73. The van der Waals surface area contributed by atoms with E-state index < -0.39 is 11.9 Å². The van der Waals surface area contributed by atoms with Gasteiger partial charge in [-0.2, -0.15) is 0 Å². The SMILES string of the molecule is COc1cccc(Oc2ccc(NC(C)C(N)=O)cc2)c1. The van der Waals surface area contributed by atoms with Crippen molar-refractivity contribution < 1.29 is 14.3 Å². The summed E-state index contributed by atoms with van der Waals surface area (Å²) in [5, 5.41) is 3.00. The van der Waals surface area contributed by atoms with Crippen molar-refractivity contribution in [2.45, 2.75) is 13.0 Å². The molecule has 2 aromatic carbocycles. The topological polar surface area (TPSA) is 73.6 Å². The lowest BCUT2D eigenvalue weighted by Gasteiger charge is -2.12. The van der Waals surface area contributed by atoms with Crippen LogP contribution in [0.5, 0.6) is 17.2 Å². The van der Waals surface area contributed by atoms with Gasteiger partial charge in [0.1, 0.15) is 23.3 Å². The molecular weight excluding hydrogens is 268 g/mol. The quantitative estimate of drug-likeness (QED) is 0.856. The number of methoxy groups -OCH3 is 1. The Hall–Kier alpha value is -2.69. The van der Waals surface area contributed by atoms with Crippen molar-refractivity contribution in [3.63, 3.8) is 0 Å². The van der Waals surface area contributed by atoms with E-state index in [4.69, 9.17) is 15.2 Å². The molecule has 5 heteroatoms. The van der Waals surface area contributed by atoms with Gasteiger partial charge in [0, 0.05) is 11.8 Å². The van der Waals surface area contributed by atoms with Gasteiger partial charge in [0.05, 0.1) is 7.11 Å². The second-order valence-corrected chi connectivity index (χ2v) is 4.57. The number of anilines is 1. The number of carbonyl (C=O) groups is 1. The van der Waals surface area contributed by atoms with Crippen molar-refractivity contribution in [3.05, 3.63) is 48.5 Å². The van der Waals surface area contributed by atoms with Crippen LogP contribution in [0.15, 0.2) is 48.5 Å². The molecule has 2 aromatic rings. The van der Waals surface area contributed by atoms with Gasteiger partial charge < -0.3 is 20.5 Å². The average molecular weight is 286 g/mol. The first-order chi connectivity index (χ1) is 10.1. The number of hydrogen-bond donors (Lipinski definition) is 2. The first kappa shape index (κ1) is 14.7. The van der Waals surface area contributed by atoms with Gasteiger partial charge in [-0.1, -0.05) is 6.07 Å². The third-order valence-electron chi connectivity index (χ3n) is 2.94. The van der Waals surface area contributed by atoms with Crippen LogP contribution in [0.3, 0.4) is 0 Å². The fraction of sp³-hybridized carbons (Fsp3) is 0.188. The fourth-order valence-corrected chi connectivity index (χ4v) is 1.74. The van der Waals surface area contributed by atoms with Gasteiger partial charge in [0.2, 0.25) is 5.91 Å². The predicted molar refractivity (Wildman–Crippen MR) is 81.8 cm³/mol. The Morgan fingerprint density at radius 2 is 1.76 bits per heavy atom. The number of hydrogen-bond acceptors (Lipinski definition) is 4. The van der Waals surface area contributed by atoms with Gasteiger partial charge in [-0.05, 0) is 43.3 Å². The summed E-state index contributed by atoms with van der Waals surface area (Å²) in [6.45, 7) is 1.71. The summed E-state index contributed by atoms with van der Waals surface area (Å²) in [5.41, 5.74) is 6.01. The van der Waals surface area contributed by atoms with E-state index in [0.717, 1.165) is 11.4 Å². The van der Waals surface area contributed by atoms with E-state index in [-0.39, 0.29) is 0 Å². The van der Waals surface area contributed by atoms with Crippen LogP contribution in [0, 0.1) is 0 Å². The third kappa shape index (κ3) is 4.14. The van der Waals surface area contributed by atoms with Crippen molar-refractivity contribution in [1.82, 2.24) is 0 Å². The summed E-state index contributed by atoms with van der Waals surface area (Å²) < 4.78 is 10.9. The lowest BCUT2D eigenvalue weighted by molar-refractivity contribution is -0.118. The normalized spacial score (nSPS) is 11.5. The van der Waals surface area contributed by atoms with E-state index in [1.807, 2.05) is 42.5 Å². The molecule has 21 heavy (non-hydrogen) atoms. The van der Waals surface area contributed by atoms with E-state index in [1.54, 1.807) is 20.1 Å². The number of nitrogens with two attached hydrogens (primary N) is 1. The molecule has 0 saturated heterocycles. The molecule has 0 aromatic heterocycles. The Balaban J connectivity index is 2.03. The maximum absolute atomic E-state index is 11.0. The number of benzene rings is 2. The first-order valence-corrected chi connectivity index (χ1v) is 6.56. The number of nitrogens with one attached hydrogen (secondary N) is 1. The van der Waals surface area contributed by atoms with Crippen LogP contribution in [0.25, 0.3) is 0 Å². The maximum atomic E-state index is 11.0. The highest BCUT2D eigenvalue weighted by atomic mass is 16.5. The van der Waals surface area contributed by atoms with E-state index in [9.17, 15) is 4.79 Å². The summed E-state index contributed by atoms with van der Waals surface area (Å²) in [6, 6.07) is 14.2. The molecule has 0 radical (unpaired) electrons. The van der Waals surface area contributed by atoms with Crippen LogP contribution in [-0.4, -0.2) is 19.1 Å². The molecule has 2 rings (SSSR count). The Kier molecular flexibility index (Phi) is 4.66. The Morgan fingerprint density at radius 3 is 2.38 bits per heavy atom. The zero-order valence-corrected chi connectivity index (χ0v) is 12.0. The van der Waals surface area contributed by atoms with Gasteiger partial charge in [-0.15, -0.1) is 0 Å². The van der Waals surface area contributed by atoms with Gasteiger partial charge >= 0.3 is 0 Å². The molecule has 0 aliphatic carbocycles. The van der Waals surface area contributed by atoms with E-state index in [1.165, 1.54) is 0 Å². The smallest absolute Gasteiger partial charge is 0.239 e. The van der Waals surface area contributed by atoms with E-state index in [2.05, 4.69) is 5.32 Å². The highest BCUT2D eigenvalue weighted by molar-refractivity contribution is 5.82.